The summed E-state index contributed by atoms with van der Waals surface area (Å²) < 4.78 is 5.39. The van der Waals surface area contributed by atoms with Crippen molar-refractivity contribution in [1.82, 2.24) is 0 Å². The molecular formula is C18H22N2O2. The van der Waals surface area contributed by atoms with E-state index in [1.807, 2.05) is 50.4 Å². The van der Waals surface area contributed by atoms with E-state index in [0.29, 0.717) is 12.2 Å². The van der Waals surface area contributed by atoms with Gasteiger partial charge in [-0.05, 0) is 50.2 Å². The van der Waals surface area contributed by atoms with E-state index in [1.54, 1.807) is 12.1 Å². The molecule has 1 amide bonds. The number of hydrogen-bond acceptors (Lipinski definition) is 3. The zero-order valence-corrected chi connectivity index (χ0v) is 13.3. The SMILES string of the molecule is CCOc1ccc(C(=O)Nc2ccccc2N(C)CC)cc1. The minimum absolute atomic E-state index is 0.125. The molecule has 0 spiro atoms. The lowest BCUT2D eigenvalue weighted by molar-refractivity contribution is 0.102. The summed E-state index contributed by atoms with van der Waals surface area (Å²) in [6.45, 7) is 5.49. The van der Waals surface area contributed by atoms with Gasteiger partial charge in [0.15, 0.2) is 0 Å². The summed E-state index contributed by atoms with van der Waals surface area (Å²) in [6, 6.07) is 14.9. The second kappa shape index (κ2) is 7.50. The van der Waals surface area contributed by atoms with E-state index in [0.717, 1.165) is 23.7 Å². The van der Waals surface area contributed by atoms with Crippen molar-refractivity contribution in [3.63, 3.8) is 0 Å². The molecule has 2 aromatic rings. The van der Waals surface area contributed by atoms with Gasteiger partial charge in [-0.15, -0.1) is 0 Å². The number of ether oxygens (including phenoxy) is 1. The molecule has 0 heterocycles. The molecule has 1 N–H and O–H groups in total. The van der Waals surface area contributed by atoms with Crippen LogP contribution in [0.15, 0.2) is 48.5 Å². The van der Waals surface area contributed by atoms with E-state index in [9.17, 15) is 4.79 Å². The lowest BCUT2D eigenvalue weighted by Gasteiger charge is -2.20. The number of carbonyl (C=O) groups is 1. The maximum atomic E-state index is 12.4. The second-order valence-electron chi connectivity index (χ2n) is 4.94. The number of benzene rings is 2. The molecule has 4 nitrogen and oxygen atoms in total. The quantitative estimate of drug-likeness (QED) is 0.882. The standard InChI is InChI=1S/C18H22N2O2/c1-4-20(3)17-9-7-6-8-16(17)19-18(21)14-10-12-15(13-11-14)22-5-2/h6-13H,4-5H2,1-3H3,(H,19,21). The molecule has 2 aromatic carbocycles. The van der Waals surface area contributed by atoms with Gasteiger partial charge in [0.05, 0.1) is 18.0 Å². The molecule has 0 unspecified atom stereocenters. The topological polar surface area (TPSA) is 41.6 Å². The van der Waals surface area contributed by atoms with Crippen molar-refractivity contribution in [2.45, 2.75) is 13.8 Å². The Kier molecular flexibility index (Phi) is 5.42. The normalized spacial score (nSPS) is 10.1. The lowest BCUT2D eigenvalue weighted by atomic mass is 10.2. The fraction of sp³-hybridized carbons (Fsp3) is 0.278. The van der Waals surface area contributed by atoms with E-state index in [1.165, 1.54) is 0 Å². The van der Waals surface area contributed by atoms with Gasteiger partial charge in [0.25, 0.3) is 5.91 Å². The Morgan fingerprint density at radius 1 is 1.09 bits per heavy atom. The molecule has 0 saturated heterocycles. The first kappa shape index (κ1) is 15.9. The van der Waals surface area contributed by atoms with Crippen LogP contribution < -0.4 is 15.0 Å². The van der Waals surface area contributed by atoms with E-state index in [2.05, 4.69) is 17.1 Å². The number of anilines is 2. The average Bonchev–Trinajstić information content (AvgIpc) is 2.55. The highest BCUT2D eigenvalue weighted by molar-refractivity contribution is 6.06. The smallest absolute Gasteiger partial charge is 0.255 e. The molecule has 0 radical (unpaired) electrons. The number of hydrogen-bond donors (Lipinski definition) is 1. The molecule has 0 aliphatic rings. The van der Waals surface area contributed by atoms with Gasteiger partial charge in [0, 0.05) is 19.2 Å². The number of rotatable bonds is 6. The third-order valence-electron chi connectivity index (χ3n) is 3.47. The van der Waals surface area contributed by atoms with E-state index in [4.69, 9.17) is 4.74 Å². The third kappa shape index (κ3) is 3.79. The van der Waals surface area contributed by atoms with Gasteiger partial charge >= 0.3 is 0 Å². The summed E-state index contributed by atoms with van der Waals surface area (Å²) in [5.74, 6) is 0.644. The van der Waals surface area contributed by atoms with Crippen molar-refractivity contribution in [3.8, 4) is 5.75 Å². The summed E-state index contributed by atoms with van der Waals surface area (Å²) in [4.78, 5) is 14.5. The molecule has 0 aliphatic heterocycles. The van der Waals surface area contributed by atoms with Crippen LogP contribution in [0.4, 0.5) is 11.4 Å². The predicted molar refractivity (Wildman–Crippen MR) is 91.0 cm³/mol. The summed E-state index contributed by atoms with van der Waals surface area (Å²) >= 11 is 0. The highest BCUT2D eigenvalue weighted by atomic mass is 16.5. The van der Waals surface area contributed by atoms with Crippen molar-refractivity contribution in [2.24, 2.45) is 0 Å². The number of nitrogens with one attached hydrogen (secondary N) is 1. The van der Waals surface area contributed by atoms with Gasteiger partial charge in [-0.1, -0.05) is 12.1 Å². The fourth-order valence-electron chi connectivity index (χ4n) is 2.15. The number of para-hydroxylation sites is 2. The monoisotopic (exact) mass is 298 g/mol. The fourth-order valence-corrected chi connectivity index (χ4v) is 2.15. The van der Waals surface area contributed by atoms with Crippen LogP contribution in [0.25, 0.3) is 0 Å². The molecule has 0 aliphatic carbocycles. The van der Waals surface area contributed by atoms with Gasteiger partial charge in [-0.2, -0.15) is 0 Å². The summed E-state index contributed by atoms with van der Waals surface area (Å²) in [5, 5.41) is 2.97. The zero-order chi connectivity index (χ0) is 15.9. The molecule has 116 valence electrons. The van der Waals surface area contributed by atoms with Gasteiger partial charge in [-0.25, -0.2) is 0 Å². The molecule has 0 aromatic heterocycles. The highest BCUT2D eigenvalue weighted by Crippen LogP contribution is 2.25. The van der Waals surface area contributed by atoms with Crippen LogP contribution in [-0.4, -0.2) is 26.1 Å². The van der Waals surface area contributed by atoms with Crippen molar-refractivity contribution in [3.05, 3.63) is 54.1 Å². The Morgan fingerprint density at radius 2 is 1.77 bits per heavy atom. The maximum Gasteiger partial charge on any atom is 0.255 e. The van der Waals surface area contributed by atoms with Gasteiger partial charge in [0.1, 0.15) is 5.75 Å². The summed E-state index contributed by atoms with van der Waals surface area (Å²) in [6.07, 6.45) is 0. The first-order valence-electron chi connectivity index (χ1n) is 7.50. The summed E-state index contributed by atoms with van der Waals surface area (Å²) in [7, 11) is 2.00. The Labute approximate surface area is 131 Å². The van der Waals surface area contributed by atoms with Crippen molar-refractivity contribution >= 4 is 17.3 Å². The molecule has 0 atom stereocenters. The van der Waals surface area contributed by atoms with Crippen molar-refractivity contribution < 1.29 is 9.53 Å². The lowest BCUT2D eigenvalue weighted by Crippen LogP contribution is -2.19. The van der Waals surface area contributed by atoms with E-state index in [-0.39, 0.29) is 5.91 Å². The molecule has 0 bridgehead atoms. The Bertz CT molecular complexity index is 623. The molecular weight excluding hydrogens is 276 g/mol. The van der Waals surface area contributed by atoms with Crippen molar-refractivity contribution in [2.75, 3.05) is 30.4 Å². The average molecular weight is 298 g/mol. The zero-order valence-electron chi connectivity index (χ0n) is 13.3. The number of nitrogens with zero attached hydrogens (tertiary/aromatic N) is 1. The van der Waals surface area contributed by atoms with Crippen LogP contribution in [-0.2, 0) is 0 Å². The Morgan fingerprint density at radius 3 is 2.41 bits per heavy atom. The Balaban J connectivity index is 2.15. The largest absolute Gasteiger partial charge is 0.494 e. The number of amides is 1. The van der Waals surface area contributed by atoms with Crippen LogP contribution in [0.1, 0.15) is 24.2 Å². The van der Waals surface area contributed by atoms with Gasteiger partial charge in [0.2, 0.25) is 0 Å². The van der Waals surface area contributed by atoms with E-state index >= 15 is 0 Å². The molecule has 2 rings (SSSR count). The molecule has 22 heavy (non-hydrogen) atoms. The van der Waals surface area contributed by atoms with Crippen LogP contribution in [0.3, 0.4) is 0 Å². The first-order chi connectivity index (χ1) is 10.7. The molecule has 4 heteroatoms. The Hall–Kier alpha value is -2.49. The minimum atomic E-state index is -0.125. The minimum Gasteiger partial charge on any atom is -0.494 e. The van der Waals surface area contributed by atoms with Gasteiger partial charge < -0.3 is 15.0 Å². The first-order valence-corrected chi connectivity index (χ1v) is 7.50. The highest BCUT2D eigenvalue weighted by Gasteiger charge is 2.10. The third-order valence-corrected chi connectivity index (χ3v) is 3.47. The number of carbonyl (C=O) groups excluding carboxylic acids is 1. The van der Waals surface area contributed by atoms with Crippen molar-refractivity contribution in [1.29, 1.82) is 0 Å². The van der Waals surface area contributed by atoms with Crippen LogP contribution in [0.2, 0.25) is 0 Å². The molecule has 0 fully saturated rings. The van der Waals surface area contributed by atoms with E-state index < -0.39 is 0 Å². The van der Waals surface area contributed by atoms with Gasteiger partial charge in [-0.3, -0.25) is 4.79 Å². The maximum absolute atomic E-state index is 12.4. The molecule has 0 saturated carbocycles. The predicted octanol–water partition coefficient (Wildman–Crippen LogP) is 3.79. The van der Waals surface area contributed by atoms with Crippen LogP contribution in [0, 0.1) is 0 Å². The second-order valence-corrected chi connectivity index (χ2v) is 4.94. The van der Waals surface area contributed by atoms with Crippen LogP contribution in [0.5, 0.6) is 5.75 Å². The van der Waals surface area contributed by atoms with Crippen LogP contribution >= 0.6 is 0 Å². The summed E-state index contributed by atoms with van der Waals surface area (Å²) in [5.41, 5.74) is 2.42.